The average Bonchev–Trinajstić information content (AvgIpc) is 2.78. The zero-order valence-corrected chi connectivity index (χ0v) is 11.3. The second kappa shape index (κ2) is 5.32. The predicted molar refractivity (Wildman–Crippen MR) is 80.3 cm³/mol. The van der Waals surface area contributed by atoms with Gasteiger partial charge in [-0.1, -0.05) is 12.1 Å². The van der Waals surface area contributed by atoms with Crippen molar-refractivity contribution in [2.45, 2.75) is 18.9 Å². The van der Waals surface area contributed by atoms with Gasteiger partial charge in [0.05, 0.1) is 6.04 Å². The van der Waals surface area contributed by atoms with Crippen LogP contribution in [0.1, 0.15) is 12.8 Å². The molecule has 0 aromatic heterocycles. The van der Waals surface area contributed by atoms with Gasteiger partial charge in [0.15, 0.2) is 0 Å². The van der Waals surface area contributed by atoms with Gasteiger partial charge in [0, 0.05) is 29.9 Å². The number of nitrogen functional groups attached to an aromatic ring is 1. The van der Waals surface area contributed by atoms with Crippen LogP contribution in [0.5, 0.6) is 0 Å². The molecule has 1 aromatic carbocycles. The summed E-state index contributed by atoms with van der Waals surface area (Å²) in [6.45, 7) is 0. The van der Waals surface area contributed by atoms with Gasteiger partial charge < -0.3 is 21.7 Å². The third kappa shape index (κ3) is 3.05. The minimum atomic E-state index is -0.326. The monoisotopic (exact) mass is 284 g/mol. The summed E-state index contributed by atoms with van der Waals surface area (Å²) in [5.41, 5.74) is 8.72. The zero-order valence-electron chi connectivity index (χ0n) is 11.3. The Bertz CT molecular complexity index is 663. The summed E-state index contributed by atoms with van der Waals surface area (Å²) in [6, 6.07) is 6.65. The highest BCUT2D eigenvalue weighted by Crippen LogP contribution is 2.25. The van der Waals surface area contributed by atoms with E-state index in [2.05, 4.69) is 16.0 Å². The van der Waals surface area contributed by atoms with Gasteiger partial charge in [-0.2, -0.15) is 0 Å². The van der Waals surface area contributed by atoms with Crippen molar-refractivity contribution in [3.63, 3.8) is 0 Å². The molecule has 21 heavy (non-hydrogen) atoms. The minimum absolute atomic E-state index is 0.00479. The highest BCUT2D eigenvalue weighted by atomic mass is 16.2. The van der Waals surface area contributed by atoms with Crippen molar-refractivity contribution in [2.24, 2.45) is 0 Å². The smallest absolute Gasteiger partial charge is 0.323 e. The molecule has 1 fully saturated rings. The van der Waals surface area contributed by atoms with Crippen molar-refractivity contribution >= 4 is 23.3 Å². The molecule has 1 aliphatic heterocycles. The molecule has 6 nitrogen and oxygen atoms in total. The van der Waals surface area contributed by atoms with E-state index in [0.29, 0.717) is 24.2 Å². The number of carbonyl (C=O) groups is 2. The van der Waals surface area contributed by atoms with Crippen molar-refractivity contribution in [2.75, 3.05) is 11.1 Å². The maximum absolute atomic E-state index is 11.9. The fraction of sp³-hybridized carbons (Fsp3) is 0.200. The molecule has 1 aromatic rings. The molecule has 1 saturated heterocycles. The number of anilines is 2. The van der Waals surface area contributed by atoms with Crippen LogP contribution < -0.4 is 21.7 Å². The lowest BCUT2D eigenvalue weighted by Crippen LogP contribution is -2.34. The highest BCUT2D eigenvalue weighted by Gasteiger charge is 2.29. The van der Waals surface area contributed by atoms with Crippen molar-refractivity contribution in [3.8, 4) is 0 Å². The third-order valence-corrected chi connectivity index (χ3v) is 3.49. The lowest BCUT2D eigenvalue weighted by atomic mass is 9.98. The standard InChI is InChI=1S/C15H16N4O2/c16-10-2-1-3-11(7-10)17-15(21)18-12-5-4-9-6-14(20)19-13(9)8-12/h1-5,7,13H,6,8,16H2,(H,19,20)(H2,17,18,21). The van der Waals surface area contributed by atoms with Gasteiger partial charge in [-0.25, -0.2) is 4.79 Å². The molecule has 0 spiro atoms. The fourth-order valence-corrected chi connectivity index (χ4v) is 2.52. The molecule has 3 amide bonds. The van der Waals surface area contributed by atoms with Crippen LogP contribution in [0.3, 0.4) is 0 Å². The Morgan fingerprint density at radius 2 is 2.14 bits per heavy atom. The second-order valence-electron chi connectivity index (χ2n) is 5.14. The maximum atomic E-state index is 11.9. The second-order valence-corrected chi connectivity index (χ2v) is 5.14. The van der Waals surface area contributed by atoms with E-state index in [1.807, 2.05) is 12.2 Å². The Hall–Kier alpha value is -2.76. The maximum Gasteiger partial charge on any atom is 0.323 e. The topological polar surface area (TPSA) is 96.2 Å². The summed E-state index contributed by atoms with van der Waals surface area (Å²) in [7, 11) is 0. The molecular formula is C15H16N4O2. The number of benzene rings is 1. The first-order valence-electron chi connectivity index (χ1n) is 6.73. The number of amides is 3. The largest absolute Gasteiger partial charge is 0.399 e. The van der Waals surface area contributed by atoms with E-state index >= 15 is 0 Å². The van der Waals surface area contributed by atoms with Crippen LogP contribution >= 0.6 is 0 Å². The van der Waals surface area contributed by atoms with E-state index in [1.165, 1.54) is 0 Å². The van der Waals surface area contributed by atoms with Crippen LogP contribution in [0.15, 0.2) is 47.7 Å². The van der Waals surface area contributed by atoms with Crippen LogP contribution in [0, 0.1) is 0 Å². The van der Waals surface area contributed by atoms with Crippen LogP contribution in [-0.4, -0.2) is 18.0 Å². The van der Waals surface area contributed by atoms with E-state index < -0.39 is 0 Å². The Labute approximate surface area is 122 Å². The molecular weight excluding hydrogens is 268 g/mol. The number of fused-ring (bicyclic) bond motifs is 1. The number of nitrogens with one attached hydrogen (secondary N) is 3. The molecule has 1 heterocycles. The Kier molecular flexibility index (Phi) is 3.35. The van der Waals surface area contributed by atoms with E-state index in [1.54, 1.807) is 24.3 Å². The number of nitrogens with two attached hydrogens (primary N) is 1. The molecule has 0 bridgehead atoms. The summed E-state index contributed by atoms with van der Waals surface area (Å²) >= 11 is 0. The van der Waals surface area contributed by atoms with Gasteiger partial charge in [0.25, 0.3) is 0 Å². The first-order valence-corrected chi connectivity index (χ1v) is 6.73. The quantitative estimate of drug-likeness (QED) is 0.619. The van der Waals surface area contributed by atoms with Gasteiger partial charge in [0.1, 0.15) is 0 Å². The van der Waals surface area contributed by atoms with Crippen LogP contribution in [0.4, 0.5) is 16.2 Å². The molecule has 5 N–H and O–H groups in total. The van der Waals surface area contributed by atoms with E-state index in [9.17, 15) is 9.59 Å². The van der Waals surface area contributed by atoms with Gasteiger partial charge >= 0.3 is 6.03 Å². The number of hydrogen-bond acceptors (Lipinski definition) is 3. The van der Waals surface area contributed by atoms with E-state index in [4.69, 9.17) is 5.73 Å². The number of rotatable bonds is 2. The molecule has 1 atom stereocenters. The minimum Gasteiger partial charge on any atom is -0.399 e. The number of urea groups is 1. The number of hydrogen-bond donors (Lipinski definition) is 4. The first kappa shape index (κ1) is 13.2. The van der Waals surface area contributed by atoms with Gasteiger partial charge in [0.2, 0.25) is 5.91 Å². The first-order chi connectivity index (χ1) is 10.1. The molecule has 2 aliphatic rings. The average molecular weight is 284 g/mol. The molecule has 1 aliphatic carbocycles. The lowest BCUT2D eigenvalue weighted by Gasteiger charge is -2.19. The molecule has 6 heteroatoms. The van der Waals surface area contributed by atoms with Gasteiger partial charge in [-0.15, -0.1) is 0 Å². The summed E-state index contributed by atoms with van der Waals surface area (Å²) in [6.07, 6.45) is 4.78. The summed E-state index contributed by atoms with van der Waals surface area (Å²) in [5, 5.41) is 8.39. The normalized spacial score (nSPS) is 20.0. The Morgan fingerprint density at radius 1 is 1.29 bits per heavy atom. The van der Waals surface area contributed by atoms with E-state index in [-0.39, 0.29) is 18.0 Å². The van der Waals surface area contributed by atoms with Crippen LogP contribution in [0.2, 0.25) is 0 Å². The summed E-state index contributed by atoms with van der Waals surface area (Å²) in [4.78, 5) is 23.3. The van der Waals surface area contributed by atoms with Crippen LogP contribution in [0.25, 0.3) is 0 Å². The van der Waals surface area contributed by atoms with Crippen molar-refractivity contribution in [1.29, 1.82) is 0 Å². The zero-order chi connectivity index (χ0) is 14.8. The molecule has 1 unspecified atom stereocenters. The molecule has 108 valence electrons. The van der Waals surface area contributed by atoms with Gasteiger partial charge in [-0.3, -0.25) is 4.79 Å². The van der Waals surface area contributed by atoms with Crippen molar-refractivity contribution in [3.05, 3.63) is 47.7 Å². The summed E-state index contributed by atoms with van der Waals surface area (Å²) < 4.78 is 0. The van der Waals surface area contributed by atoms with Crippen molar-refractivity contribution < 1.29 is 9.59 Å². The van der Waals surface area contributed by atoms with Crippen molar-refractivity contribution in [1.82, 2.24) is 10.6 Å². The molecule has 0 radical (unpaired) electrons. The Balaban J connectivity index is 1.60. The molecule has 3 rings (SSSR count). The lowest BCUT2D eigenvalue weighted by molar-refractivity contribution is -0.119. The van der Waals surface area contributed by atoms with Crippen LogP contribution in [-0.2, 0) is 4.79 Å². The van der Waals surface area contributed by atoms with E-state index in [0.717, 1.165) is 11.3 Å². The predicted octanol–water partition coefficient (Wildman–Crippen LogP) is 1.49. The highest BCUT2D eigenvalue weighted by molar-refractivity contribution is 5.91. The SMILES string of the molecule is Nc1cccc(NC(=O)NC2=CC=C3CC(=O)NC3C2)c1. The van der Waals surface area contributed by atoms with Gasteiger partial charge in [-0.05, 0) is 29.8 Å². The number of carbonyl (C=O) groups excluding carboxylic acids is 2. The number of allylic oxidation sites excluding steroid dienone is 2. The fourth-order valence-electron chi connectivity index (χ4n) is 2.52. The third-order valence-electron chi connectivity index (χ3n) is 3.49. The molecule has 0 saturated carbocycles. The summed E-state index contributed by atoms with van der Waals surface area (Å²) in [5.74, 6) is 0.0325. The Morgan fingerprint density at radius 3 is 2.95 bits per heavy atom.